The Morgan fingerprint density at radius 3 is 2.80 bits per heavy atom. The van der Waals surface area contributed by atoms with Crippen molar-refractivity contribution >= 4 is 23.4 Å². The number of hydrogen-bond donors (Lipinski definition) is 1. The molecule has 1 heterocycles. The molecule has 0 bridgehead atoms. The molecule has 1 N–H and O–H groups in total. The summed E-state index contributed by atoms with van der Waals surface area (Å²) in [6.07, 6.45) is 0.0733. The molecular weight excluding hydrogens is 345 g/mol. The van der Waals surface area contributed by atoms with E-state index in [0.717, 1.165) is 0 Å². The minimum atomic E-state index is -0.494. The van der Waals surface area contributed by atoms with Gasteiger partial charge in [-0.05, 0) is 32.9 Å². The number of halogens is 2. The molecule has 0 saturated carbocycles. The normalized spacial score (nSPS) is 18.3. The lowest BCUT2D eigenvalue weighted by atomic mass is 10.1. The number of amides is 2. The highest BCUT2D eigenvalue weighted by molar-refractivity contribution is 6.31. The molecule has 1 fully saturated rings. The van der Waals surface area contributed by atoms with Crippen molar-refractivity contribution in [3.8, 4) is 0 Å². The summed E-state index contributed by atoms with van der Waals surface area (Å²) in [5, 5.41) is 3.11. The summed E-state index contributed by atoms with van der Waals surface area (Å²) >= 11 is 6.06. The lowest BCUT2D eigenvalue weighted by Crippen LogP contribution is -2.58. The van der Waals surface area contributed by atoms with Gasteiger partial charge >= 0.3 is 0 Å². The Hall–Kier alpha value is -1.66. The van der Waals surface area contributed by atoms with Crippen molar-refractivity contribution in [2.75, 3.05) is 19.6 Å². The van der Waals surface area contributed by atoms with E-state index < -0.39 is 11.9 Å². The molecule has 138 valence electrons. The molecule has 1 saturated heterocycles. The molecule has 5 nitrogen and oxygen atoms in total. The van der Waals surface area contributed by atoms with E-state index in [1.807, 2.05) is 25.7 Å². The zero-order valence-corrected chi connectivity index (χ0v) is 15.6. The Bertz CT molecular complexity index is 618. The average Bonchev–Trinajstić information content (AvgIpc) is 2.56. The van der Waals surface area contributed by atoms with E-state index >= 15 is 0 Å². The maximum atomic E-state index is 14.0. The monoisotopic (exact) mass is 369 g/mol. The zero-order valence-electron chi connectivity index (χ0n) is 14.9. The first kappa shape index (κ1) is 19.7. The van der Waals surface area contributed by atoms with Gasteiger partial charge in [-0.1, -0.05) is 17.7 Å². The lowest BCUT2D eigenvalue weighted by molar-refractivity contribution is -0.139. The van der Waals surface area contributed by atoms with Crippen molar-refractivity contribution in [3.05, 3.63) is 34.6 Å². The Kier molecular flexibility index (Phi) is 6.79. The summed E-state index contributed by atoms with van der Waals surface area (Å²) in [5.41, 5.74) is 0.299. The SMILES string of the molecule is CCN(Cc1c(F)cccc1Cl)C(=O)C[C@H]1C(=O)NCCN1C(C)C. The molecule has 1 aliphatic rings. The molecule has 1 atom stereocenters. The number of nitrogens with zero attached hydrogens (tertiary/aromatic N) is 2. The van der Waals surface area contributed by atoms with Gasteiger partial charge in [-0.15, -0.1) is 0 Å². The number of carbonyl (C=O) groups is 2. The predicted molar refractivity (Wildman–Crippen MR) is 95.8 cm³/mol. The van der Waals surface area contributed by atoms with Gasteiger partial charge in [0.05, 0.1) is 12.5 Å². The average molecular weight is 370 g/mol. The molecule has 0 spiro atoms. The Labute approximate surface area is 153 Å². The molecule has 2 rings (SSSR count). The van der Waals surface area contributed by atoms with Crippen LogP contribution in [0.3, 0.4) is 0 Å². The summed E-state index contributed by atoms with van der Waals surface area (Å²) in [4.78, 5) is 28.5. The lowest BCUT2D eigenvalue weighted by Gasteiger charge is -2.38. The summed E-state index contributed by atoms with van der Waals surface area (Å²) in [6, 6.07) is 4.14. The Balaban J connectivity index is 2.12. The highest BCUT2D eigenvalue weighted by atomic mass is 35.5. The van der Waals surface area contributed by atoms with Crippen LogP contribution in [0.15, 0.2) is 18.2 Å². The van der Waals surface area contributed by atoms with Gasteiger partial charge in [0, 0.05) is 42.8 Å². The molecule has 1 aliphatic heterocycles. The Morgan fingerprint density at radius 2 is 2.20 bits per heavy atom. The molecule has 0 aromatic heterocycles. The topological polar surface area (TPSA) is 52.7 Å². The van der Waals surface area contributed by atoms with Gasteiger partial charge in [0.1, 0.15) is 5.82 Å². The predicted octanol–water partition coefficient (Wildman–Crippen LogP) is 2.43. The molecule has 0 radical (unpaired) electrons. The maximum absolute atomic E-state index is 14.0. The van der Waals surface area contributed by atoms with Gasteiger partial charge in [0.25, 0.3) is 0 Å². The standard InChI is InChI=1S/C18H25ClFN3O2/c1-4-22(11-13-14(19)6-5-7-15(13)20)17(24)10-16-18(25)21-8-9-23(16)12(2)3/h5-7,12,16H,4,8-11H2,1-3H3,(H,21,25)/t16-/m0/s1. The van der Waals surface area contributed by atoms with Gasteiger partial charge in [-0.25, -0.2) is 4.39 Å². The highest BCUT2D eigenvalue weighted by Crippen LogP contribution is 2.22. The summed E-state index contributed by atoms with van der Waals surface area (Å²) in [5.74, 6) is -0.749. The van der Waals surface area contributed by atoms with Gasteiger partial charge in [-0.2, -0.15) is 0 Å². The summed E-state index contributed by atoms with van der Waals surface area (Å²) in [6.45, 7) is 7.65. The molecule has 2 amide bonds. The number of rotatable bonds is 6. The summed E-state index contributed by atoms with van der Waals surface area (Å²) < 4.78 is 14.0. The number of benzene rings is 1. The first-order chi connectivity index (χ1) is 11.8. The van der Waals surface area contributed by atoms with Crippen LogP contribution in [0.1, 0.15) is 32.8 Å². The van der Waals surface area contributed by atoms with Crippen LogP contribution in [0.25, 0.3) is 0 Å². The largest absolute Gasteiger partial charge is 0.353 e. The molecule has 0 aliphatic carbocycles. The zero-order chi connectivity index (χ0) is 18.6. The van der Waals surface area contributed by atoms with Crippen LogP contribution in [0.4, 0.5) is 4.39 Å². The van der Waals surface area contributed by atoms with E-state index in [9.17, 15) is 14.0 Å². The molecule has 25 heavy (non-hydrogen) atoms. The molecule has 7 heteroatoms. The number of hydrogen-bond acceptors (Lipinski definition) is 3. The van der Waals surface area contributed by atoms with Crippen LogP contribution >= 0.6 is 11.6 Å². The van der Waals surface area contributed by atoms with Crippen molar-refractivity contribution in [3.63, 3.8) is 0 Å². The van der Waals surface area contributed by atoms with E-state index in [2.05, 4.69) is 5.32 Å². The van der Waals surface area contributed by atoms with E-state index in [0.29, 0.717) is 30.2 Å². The first-order valence-electron chi connectivity index (χ1n) is 8.59. The minimum absolute atomic E-state index is 0.0733. The van der Waals surface area contributed by atoms with Gasteiger partial charge in [-0.3, -0.25) is 14.5 Å². The van der Waals surface area contributed by atoms with E-state index in [1.165, 1.54) is 17.0 Å². The van der Waals surface area contributed by atoms with Gasteiger partial charge in [0.15, 0.2) is 0 Å². The first-order valence-corrected chi connectivity index (χ1v) is 8.97. The quantitative estimate of drug-likeness (QED) is 0.837. The third-order valence-electron chi connectivity index (χ3n) is 4.55. The second-order valence-corrected chi connectivity index (χ2v) is 6.86. The van der Waals surface area contributed by atoms with Crippen molar-refractivity contribution < 1.29 is 14.0 Å². The van der Waals surface area contributed by atoms with Crippen LogP contribution in [0.2, 0.25) is 5.02 Å². The van der Waals surface area contributed by atoms with Crippen LogP contribution < -0.4 is 5.32 Å². The number of nitrogens with one attached hydrogen (secondary N) is 1. The number of piperazine rings is 1. The van der Waals surface area contributed by atoms with Crippen molar-refractivity contribution in [2.24, 2.45) is 0 Å². The van der Waals surface area contributed by atoms with Crippen LogP contribution in [-0.4, -0.2) is 53.3 Å². The highest BCUT2D eigenvalue weighted by Gasteiger charge is 2.34. The fraction of sp³-hybridized carbons (Fsp3) is 0.556. The van der Waals surface area contributed by atoms with Crippen molar-refractivity contribution in [1.29, 1.82) is 0 Å². The van der Waals surface area contributed by atoms with Gasteiger partial charge < -0.3 is 10.2 Å². The van der Waals surface area contributed by atoms with Crippen molar-refractivity contribution in [2.45, 2.75) is 45.8 Å². The second kappa shape index (κ2) is 8.63. The maximum Gasteiger partial charge on any atom is 0.237 e. The smallest absolute Gasteiger partial charge is 0.237 e. The van der Waals surface area contributed by atoms with Crippen LogP contribution in [0.5, 0.6) is 0 Å². The van der Waals surface area contributed by atoms with Crippen LogP contribution in [0, 0.1) is 5.82 Å². The molecule has 1 aromatic rings. The van der Waals surface area contributed by atoms with E-state index in [-0.39, 0.29) is 30.8 Å². The second-order valence-electron chi connectivity index (χ2n) is 6.45. The van der Waals surface area contributed by atoms with Crippen LogP contribution in [-0.2, 0) is 16.1 Å². The van der Waals surface area contributed by atoms with Crippen molar-refractivity contribution in [1.82, 2.24) is 15.1 Å². The van der Waals surface area contributed by atoms with Gasteiger partial charge in [0.2, 0.25) is 11.8 Å². The third kappa shape index (κ3) is 4.70. The minimum Gasteiger partial charge on any atom is -0.353 e. The summed E-state index contributed by atoms with van der Waals surface area (Å²) in [7, 11) is 0. The fourth-order valence-corrected chi connectivity index (χ4v) is 3.33. The Morgan fingerprint density at radius 1 is 1.48 bits per heavy atom. The third-order valence-corrected chi connectivity index (χ3v) is 4.90. The number of carbonyl (C=O) groups excluding carboxylic acids is 2. The molecule has 1 aromatic carbocycles. The van der Waals surface area contributed by atoms with E-state index in [4.69, 9.17) is 11.6 Å². The molecule has 0 unspecified atom stereocenters. The van der Waals surface area contributed by atoms with E-state index in [1.54, 1.807) is 6.07 Å². The molecular formula is C18H25ClFN3O2. The fourth-order valence-electron chi connectivity index (χ4n) is 3.11.